The van der Waals surface area contributed by atoms with Crippen LogP contribution in [0.15, 0.2) is 22.7 Å². The first kappa shape index (κ1) is 14.4. The van der Waals surface area contributed by atoms with Gasteiger partial charge in [0, 0.05) is 15.8 Å². The molecule has 0 radical (unpaired) electrons. The Bertz CT molecular complexity index is 527. The summed E-state index contributed by atoms with van der Waals surface area (Å²) in [6.07, 6.45) is 0.464. The van der Waals surface area contributed by atoms with Crippen LogP contribution in [0.4, 0.5) is 0 Å². The zero-order chi connectivity index (χ0) is 14.0. The third kappa shape index (κ3) is 2.79. The highest BCUT2D eigenvalue weighted by Gasteiger charge is 2.43. The maximum absolute atomic E-state index is 12.3. The molecule has 1 atom stereocenters. The van der Waals surface area contributed by atoms with Crippen LogP contribution in [0.25, 0.3) is 0 Å². The Labute approximate surface area is 124 Å². The van der Waals surface area contributed by atoms with E-state index in [-0.39, 0.29) is 5.91 Å². The van der Waals surface area contributed by atoms with Crippen LogP contribution in [0.2, 0.25) is 0 Å². The quantitative estimate of drug-likeness (QED) is 0.884. The van der Waals surface area contributed by atoms with E-state index in [0.717, 1.165) is 15.8 Å². The topological polar surface area (TPSA) is 66.4 Å². The number of amides is 1. The third-order valence-corrected chi connectivity index (χ3v) is 5.34. The molecule has 2 N–H and O–H groups in total. The number of thioether (sulfide) groups is 1. The number of hydrogen-bond donors (Lipinski definition) is 2. The molecule has 0 bridgehead atoms. The van der Waals surface area contributed by atoms with Crippen LogP contribution < -0.4 is 5.32 Å². The van der Waals surface area contributed by atoms with Crippen LogP contribution in [0.5, 0.6) is 0 Å². The van der Waals surface area contributed by atoms with Gasteiger partial charge in [-0.3, -0.25) is 4.79 Å². The second kappa shape index (κ2) is 5.54. The van der Waals surface area contributed by atoms with E-state index in [2.05, 4.69) is 21.2 Å². The number of carbonyl (C=O) groups excluding carboxylic acids is 1. The van der Waals surface area contributed by atoms with Gasteiger partial charge in [0.15, 0.2) is 0 Å². The molecule has 0 spiro atoms. The van der Waals surface area contributed by atoms with Crippen LogP contribution in [-0.4, -0.2) is 34.0 Å². The van der Waals surface area contributed by atoms with E-state index in [9.17, 15) is 14.7 Å². The molecule has 6 heteroatoms. The molecule has 1 aromatic rings. The number of nitrogens with one attached hydrogen (secondary N) is 1. The number of carboxylic acid groups (broad SMARTS) is 1. The molecule has 19 heavy (non-hydrogen) atoms. The van der Waals surface area contributed by atoms with Crippen LogP contribution in [-0.2, 0) is 4.79 Å². The van der Waals surface area contributed by atoms with Gasteiger partial charge in [0.05, 0.1) is 0 Å². The van der Waals surface area contributed by atoms with Gasteiger partial charge in [-0.15, -0.1) is 0 Å². The molecule has 0 unspecified atom stereocenters. The molecule has 1 aliphatic heterocycles. The Morgan fingerprint density at radius 1 is 1.47 bits per heavy atom. The van der Waals surface area contributed by atoms with Gasteiger partial charge in [-0.2, -0.15) is 11.8 Å². The van der Waals surface area contributed by atoms with Crippen LogP contribution in [0.1, 0.15) is 22.3 Å². The largest absolute Gasteiger partial charge is 0.479 e. The summed E-state index contributed by atoms with van der Waals surface area (Å²) in [7, 11) is 0. The highest BCUT2D eigenvalue weighted by molar-refractivity contribution is 9.10. The molecule has 1 amide bonds. The molecule has 1 fully saturated rings. The Morgan fingerprint density at radius 3 is 2.79 bits per heavy atom. The fourth-order valence-corrected chi connectivity index (χ4v) is 3.72. The number of hydrogen-bond acceptors (Lipinski definition) is 3. The summed E-state index contributed by atoms with van der Waals surface area (Å²) in [4.78, 5) is 23.7. The number of halogens is 1. The van der Waals surface area contributed by atoms with Gasteiger partial charge in [-0.05, 0) is 36.8 Å². The molecule has 0 saturated carbocycles. The van der Waals surface area contributed by atoms with Gasteiger partial charge in [0.2, 0.25) is 0 Å². The first-order chi connectivity index (χ1) is 8.96. The Hall–Kier alpha value is -1.01. The first-order valence-corrected chi connectivity index (χ1v) is 7.80. The molecule has 102 valence electrons. The minimum Gasteiger partial charge on any atom is -0.479 e. The number of aliphatic carboxylic acids is 1. The number of benzene rings is 1. The van der Waals surface area contributed by atoms with E-state index < -0.39 is 11.5 Å². The van der Waals surface area contributed by atoms with Gasteiger partial charge in [-0.25, -0.2) is 4.79 Å². The van der Waals surface area contributed by atoms with E-state index in [1.165, 1.54) is 0 Å². The molecule has 2 rings (SSSR count). The van der Waals surface area contributed by atoms with E-state index in [1.54, 1.807) is 23.9 Å². The highest BCUT2D eigenvalue weighted by atomic mass is 79.9. The van der Waals surface area contributed by atoms with Crippen molar-refractivity contribution in [3.8, 4) is 0 Å². The monoisotopic (exact) mass is 343 g/mol. The minimum atomic E-state index is -1.13. The maximum Gasteiger partial charge on any atom is 0.330 e. The summed E-state index contributed by atoms with van der Waals surface area (Å²) >= 11 is 4.92. The van der Waals surface area contributed by atoms with Crippen molar-refractivity contribution < 1.29 is 14.7 Å². The van der Waals surface area contributed by atoms with E-state index in [0.29, 0.717) is 17.7 Å². The Morgan fingerprint density at radius 2 is 2.21 bits per heavy atom. The van der Waals surface area contributed by atoms with Gasteiger partial charge < -0.3 is 10.4 Å². The zero-order valence-electron chi connectivity index (χ0n) is 10.4. The fourth-order valence-electron chi connectivity index (χ4n) is 2.02. The number of rotatable bonds is 3. The van der Waals surface area contributed by atoms with Crippen molar-refractivity contribution in [2.45, 2.75) is 18.9 Å². The van der Waals surface area contributed by atoms with Crippen LogP contribution in [0, 0.1) is 6.92 Å². The summed E-state index contributed by atoms with van der Waals surface area (Å²) in [5, 5.41) is 12.0. The van der Waals surface area contributed by atoms with Crippen molar-refractivity contribution in [1.82, 2.24) is 5.32 Å². The lowest BCUT2D eigenvalue weighted by atomic mass is 9.98. The van der Waals surface area contributed by atoms with Crippen molar-refractivity contribution in [3.05, 3.63) is 33.8 Å². The summed E-state index contributed by atoms with van der Waals surface area (Å²) in [6.45, 7) is 1.83. The Balaban J connectivity index is 2.25. The minimum absolute atomic E-state index is 0.330. The van der Waals surface area contributed by atoms with Crippen molar-refractivity contribution in [3.63, 3.8) is 0 Å². The molecule has 1 aromatic carbocycles. The lowest BCUT2D eigenvalue weighted by molar-refractivity contribution is -0.143. The van der Waals surface area contributed by atoms with Gasteiger partial charge in [-0.1, -0.05) is 22.0 Å². The van der Waals surface area contributed by atoms with E-state index >= 15 is 0 Å². The second-order valence-corrected chi connectivity index (χ2v) is 6.52. The van der Waals surface area contributed by atoms with Crippen molar-refractivity contribution in [2.75, 3.05) is 11.5 Å². The molecular formula is C13H14BrNO3S. The second-order valence-electron chi connectivity index (χ2n) is 4.56. The normalized spacial score (nSPS) is 22.2. The maximum atomic E-state index is 12.3. The SMILES string of the molecule is Cc1c(Br)cccc1C(=O)N[C@@]1(C(=O)O)CCSC1. The summed E-state index contributed by atoms with van der Waals surface area (Å²) in [5.74, 6) is -0.118. The van der Waals surface area contributed by atoms with Gasteiger partial charge in [0.1, 0.15) is 5.54 Å². The zero-order valence-corrected chi connectivity index (χ0v) is 12.8. The van der Waals surface area contributed by atoms with Crippen LogP contribution in [0.3, 0.4) is 0 Å². The predicted octanol–water partition coefficient (Wildman–Crippen LogP) is 2.45. The average Bonchev–Trinajstić information content (AvgIpc) is 2.82. The number of carbonyl (C=O) groups is 2. The third-order valence-electron chi connectivity index (χ3n) is 3.30. The molecule has 0 aliphatic carbocycles. The summed E-state index contributed by atoms with van der Waals surface area (Å²) < 4.78 is 0.838. The standard InChI is InChI=1S/C13H14BrNO3S/c1-8-9(3-2-4-10(8)14)11(16)15-13(12(17)18)5-6-19-7-13/h2-4H,5-7H2,1H3,(H,15,16)(H,17,18)/t13-/m0/s1. The van der Waals surface area contributed by atoms with Crippen molar-refractivity contribution >= 4 is 39.6 Å². The number of carboxylic acids is 1. The van der Waals surface area contributed by atoms with Gasteiger partial charge in [0.25, 0.3) is 5.91 Å². The Kier molecular flexibility index (Phi) is 4.20. The van der Waals surface area contributed by atoms with Crippen LogP contribution >= 0.6 is 27.7 Å². The van der Waals surface area contributed by atoms with Gasteiger partial charge >= 0.3 is 5.97 Å². The first-order valence-electron chi connectivity index (χ1n) is 5.85. The fraction of sp³-hybridized carbons (Fsp3) is 0.385. The predicted molar refractivity (Wildman–Crippen MR) is 78.7 cm³/mol. The molecule has 4 nitrogen and oxygen atoms in total. The summed E-state index contributed by atoms with van der Waals surface area (Å²) in [5.41, 5.74) is 0.189. The molecule has 0 aromatic heterocycles. The molecule has 1 heterocycles. The smallest absolute Gasteiger partial charge is 0.330 e. The van der Waals surface area contributed by atoms with Crippen molar-refractivity contribution in [2.24, 2.45) is 0 Å². The highest BCUT2D eigenvalue weighted by Crippen LogP contribution is 2.29. The average molecular weight is 344 g/mol. The molecular weight excluding hydrogens is 330 g/mol. The van der Waals surface area contributed by atoms with E-state index in [4.69, 9.17) is 0 Å². The summed E-state index contributed by atoms with van der Waals surface area (Å²) in [6, 6.07) is 5.32. The van der Waals surface area contributed by atoms with Crippen molar-refractivity contribution in [1.29, 1.82) is 0 Å². The van der Waals surface area contributed by atoms with E-state index in [1.807, 2.05) is 13.0 Å². The lowest BCUT2D eigenvalue weighted by Crippen LogP contribution is -2.54. The lowest BCUT2D eigenvalue weighted by Gasteiger charge is -2.25. The molecule has 1 saturated heterocycles. The molecule has 1 aliphatic rings.